The zero-order valence-corrected chi connectivity index (χ0v) is 18.4. The van der Waals surface area contributed by atoms with E-state index in [0.717, 1.165) is 63.5 Å². The smallest absolute Gasteiger partial charge is 0.161 e. The van der Waals surface area contributed by atoms with Gasteiger partial charge in [0.25, 0.3) is 0 Å². The molecule has 1 aliphatic rings. The first-order valence-corrected chi connectivity index (χ1v) is 11.1. The van der Waals surface area contributed by atoms with Crippen LogP contribution in [-0.4, -0.2) is 67.5 Å². The van der Waals surface area contributed by atoms with E-state index in [1.165, 1.54) is 11.1 Å². The Morgan fingerprint density at radius 2 is 1.87 bits per heavy atom. The normalized spacial score (nSPS) is 17.8. The Morgan fingerprint density at radius 3 is 2.60 bits per heavy atom. The lowest BCUT2D eigenvalue weighted by molar-refractivity contribution is 0.0546. The van der Waals surface area contributed by atoms with E-state index >= 15 is 0 Å². The Hall–Kier alpha value is -2.08. The minimum absolute atomic E-state index is 0.241. The Balaban J connectivity index is 1.54. The number of piperazine rings is 1. The van der Waals surface area contributed by atoms with Gasteiger partial charge in [-0.25, -0.2) is 0 Å². The zero-order chi connectivity index (χ0) is 21.2. The number of ether oxygens (including phenoxy) is 2. The van der Waals surface area contributed by atoms with Crippen LogP contribution in [0.15, 0.2) is 48.5 Å². The van der Waals surface area contributed by atoms with E-state index in [9.17, 15) is 5.11 Å². The van der Waals surface area contributed by atoms with Crippen LogP contribution < -0.4 is 9.47 Å². The summed E-state index contributed by atoms with van der Waals surface area (Å²) in [6.45, 7) is 7.92. The van der Waals surface area contributed by atoms with E-state index in [-0.39, 0.29) is 6.61 Å². The van der Waals surface area contributed by atoms with Crippen LogP contribution in [0.2, 0.25) is 0 Å². The van der Waals surface area contributed by atoms with Crippen LogP contribution in [-0.2, 0) is 13.0 Å². The number of aryl methyl sites for hydroxylation is 1. The molecule has 3 rings (SSSR count). The molecular weight excluding hydrogens is 376 g/mol. The second-order valence-corrected chi connectivity index (χ2v) is 7.94. The molecule has 5 nitrogen and oxygen atoms in total. The molecule has 2 aromatic rings. The fraction of sp³-hybridized carbons (Fsp3) is 0.520. The van der Waals surface area contributed by atoms with Crippen LogP contribution in [0.5, 0.6) is 11.5 Å². The molecule has 1 N–H and O–H groups in total. The fourth-order valence-electron chi connectivity index (χ4n) is 4.30. The first-order chi connectivity index (χ1) is 14.7. The van der Waals surface area contributed by atoms with E-state index in [1.54, 1.807) is 7.11 Å². The van der Waals surface area contributed by atoms with Gasteiger partial charge in [0.15, 0.2) is 11.5 Å². The van der Waals surface area contributed by atoms with Gasteiger partial charge in [0, 0.05) is 38.8 Å². The highest BCUT2D eigenvalue weighted by Gasteiger charge is 2.26. The molecule has 30 heavy (non-hydrogen) atoms. The average Bonchev–Trinajstić information content (AvgIpc) is 2.77. The molecular formula is C25H36N2O3. The molecule has 5 heteroatoms. The number of aliphatic hydroxyl groups is 1. The van der Waals surface area contributed by atoms with E-state index in [0.29, 0.717) is 12.6 Å². The van der Waals surface area contributed by atoms with Crippen molar-refractivity contribution in [2.45, 2.75) is 38.8 Å². The van der Waals surface area contributed by atoms with Gasteiger partial charge in [-0.1, -0.05) is 36.4 Å². The topological polar surface area (TPSA) is 45.2 Å². The van der Waals surface area contributed by atoms with Gasteiger partial charge in [-0.2, -0.15) is 0 Å². The maximum atomic E-state index is 9.59. The van der Waals surface area contributed by atoms with Crippen LogP contribution >= 0.6 is 0 Å². The summed E-state index contributed by atoms with van der Waals surface area (Å²) in [7, 11) is 1.67. The van der Waals surface area contributed by atoms with Gasteiger partial charge in [0.05, 0.1) is 13.7 Å². The third kappa shape index (κ3) is 6.46. The van der Waals surface area contributed by atoms with E-state index in [4.69, 9.17) is 9.47 Å². The van der Waals surface area contributed by atoms with Crippen molar-refractivity contribution in [2.24, 2.45) is 0 Å². The number of nitrogens with zero attached hydrogens (tertiary/aromatic N) is 2. The second kappa shape index (κ2) is 11.9. The zero-order valence-electron chi connectivity index (χ0n) is 18.4. The lowest BCUT2D eigenvalue weighted by atomic mass is 10.1. The lowest BCUT2D eigenvalue weighted by Crippen LogP contribution is -2.53. The number of methoxy groups -OCH3 is 1. The van der Waals surface area contributed by atoms with Crippen molar-refractivity contribution < 1.29 is 14.6 Å². The third-order valence-electron chi connectivity index (χ3n) is 5.84. The maximum absolute atomic E-state index is 9.59. The van der Waals surface area contributed by atoms with Gasteiger partial charge in [-0.3, -0.25) is 9.80 Å². The average molecular weight is 413 g/mol. The van der Waals surface area contributed by atoms with Gasteiger partial charge in [0.1, 0.15) is 0 Å². The SMILES string of the molecule is CCOc1cc(CN2CCN(CCCc3ccccc3)[C@@H](CCO)C2)ccc1OC. The molecule has 1 heterocycles. The summed E-state index contributed by atoms with van der Waals surface area (Å²) in [5.41, 5.74) is 2.64. The molecule has 2 aromatic carbocycles. The highest BCUT2D eigenvalue weighted by molar-refractivity contribution is 5.43. The highest BCUT2D eigenvalue weighted by atomic mass is 16.5. The fourth-order valence-corrected chi connectivity index (χ4v) is 4.30. The molecule has 1 atom stereocenters. The molecule has 1 aliphatic heterocycles. The predicted molar refractivity (Wildman–Crippen MR) is 121 cm³/mol. The number of rotatable bonds is 11. The third-order valence-corrected chi connectivity index (χ3v) is 5.84. The van der Waals surface area contributed by atoms with Crippen LogP contribution in [0.4, 0.5) is 0 Å². The summed E-state index contributed by atoms with van der Waals surface area (Å²) in [5, 5.41) is 9.59. The van der Waals surface area contributed by atoms with E-state index in [2.05, 4.69) is 52.3 Å². The molecule has 164 valence electrons. The molecule has 1 saturated heterocycles. The molecule has 0 bridgehead atoms. The molecule has 0 radical (unpaired) electrons. The Bertz CT molecular complexity index is 753. The summed E-state index contributed by atoms with van der Waals surface area (Å²) < 4.78 is 11.1. The van der Waals surface area contributed by atoms with Crippen molar-refractivity contribution in [2.75, 3.05) is 46.5 Å². The number of hydrogen-bond acceptors (Lipinski definition) is 5. The minimum Gasteiger partial charge on any atom is -0.493 e. The van der Waals surface area contributed by atoms with Gasteiger partial charge in [0.2, 0.25) is 0 Å². The molecule has 1 fully saturated rings. The van der Waals surface area contributed by atoms with Gasteiger partial charge >= 0.3 is 0 Å². The predicted octanol–water partition coefficient (Wildman–Crippen LogP) is 3.60. The number of aliphatic hydroxyl groups excluding tert-OH is 1. The molecule has 0 unspecified atom stereocenters. The maximum Gasteiger partial charge on any atom is 0.161 e. The monoisotopic (exact) mass is 412 g/mol. The van der Waals surface area contributed by atoms with Crippen molar-refractivity contribution in [1.29, 1.82) is 0 Å². The Morgan fingerprint density at radius 1 is 1.03 bits per heavy atom. The van der Waals surface area contributed by atoms with Gasteiger partial charge in [-0.15, -0.1) is 0 Å². The van der Waals surface area contributed by atoms with Gasteiger partial charge < -0.3 is 14.6 Å². The van der Waals surface area contributed by atoms with Crippen LogP contribution in [0, 0.1) is 0 Å². The molecule has 0 aromatic heterocycles. The largest absolute Gasteiger partial charge is 0.493 e. The summed E-state index contributed by atoms with van der Waals surface area (Å²) in [4.78, 5) is 5.06. The minimum atomic E-state index is 0.241. The molecule has 0 amide bonds. The summed E-state index contributed by atoms with van der Waals surface area (Å²) in [6, 6.07) is 17.3. The molecule has 0 aliphatic carbocycles. The van der Waals surface area contributed by atoms with E-state index in [1.807, 2.05) is 13.0 Å². The van der Waals surface area contributed by atoms with Crippen LogP contribution in [0.25, 0.3) is 0 Å². The standard InChI is InChI=1S/C25H36N2O3/c1-3-30-25-18-22(11-12-24(25)29-2)19-26-15-16-27(23(20-26)13-17-28)14-7-10-21-8-5-4-6-9-21/h4-6,8-9,11-12,18,23,28H,3,7,10,13-17,19-20H2,1-2H3/t23-/m0/s1. The van der Waals surface area contributed by atoms with Crippen LogP contribution in [0.3, 0.4) is 0 Å². The molecule has 0 saturated carbocycles. The van der Waals surface area contributed by atoms with E-state index < -0.39 is 0 Å². The van der Waals surface area contributed by atoms with Gasteiger partial charge in [-0.05, 0) is 56.0 Å². The van der Waals surface area contributed by atoms with Crippen LogP contribution in [0.1, 0.15) is 30.9 Å². The number of hydrogen-bond donors (Lipinski definition) is 1. The Kier molecular flexibility index (Phi) is 9.00. The van der Waals surface area contributed by atoms with Crippen molar-refractivity contribution >= 4 is 0 Å². The summed E-state index contributed by atoms with van der Waals surface area (Å²) in [6.07, 6.45) is 3.09. The lowest BCUT2D eigenvalue weighted by Gasteiger charge is -2.41. The van der Waals surface area contributed by atoms with Crippen molar-refractivity contribution in [3.8, 4) is 11.5 Å². The molecule has 0 spiro atoms. The first-order valence-electron chi connectivity index (χ1n) is 11.1. The van der Waals surface area contributed by atoms with Crippen molar-refractivity contribution in [3.63, 3.8) is 0 Å². The summed E-state index contributed by atoms with van der Waals surface area (Å²) in [5.74, 6) is 1.59. The number of benzene rings is 2. The van der Waals surface area contributed by atoms with Crippen molar-refractivity contribution in [1.82, 2.24) is 9.80 Å². The second-order valence-electron chi connectivity index (χ2n) is 7.94. The van der Waals surface area contributed by atoms with Crippen molar-refractivity contribution in [3.05, 3.63) is 59.7 Å². The Labute approximate surface area is 181 Å². The quantitative estimate of drug-likeness (QED) is 0.611. The first kappa shape index (κ1) is 22.6. The summed E-state index contributed by atoms with van der Waals surface area (Å²) >= 11 is 0. The highest BCUT2D eigenvalue weighted by Crippen LogP contribution is 2.29.